The van der Waals surface area contributed by atoms with Crippen LogP contribution in [-0.4, -0.2) is 59.2 Å². The Labute approximate surface area is 180 Å². The number of anilines is 1. The number of rotatable bonds is 6. The van der Waals surface area contributed by atoms with Crippen molar-refractivity contribution in [1.82, 2.24) is 20.2 Å². The minimum Gasteiger partial charge on any atom is -0.371 e. The minimum absolute atomic E-state index is 0.140. The van der Waals surface area contributed by atoms with Crippen LogP contribution in [0.3, 0.4) is 0 Å². The summed E-state index contributed by atoms with van der Waals surface area (Å²) in [6, 6.07) is 10.3. The molecule has 30 heavy (non-hydrogen) atoms. The lowest BCUT2D eigenvalue weighted by Crippen LogP contribution is -2.52. The van der Waals surface area contributed by atoms with E-state index in [0.717, 1.165) is 44.6 Å². The smallest absolute Gasteiger partial charge is 0.225 e. The summed E-state index contributed by atoms with van der Waals surface area (Å²) in [5, 5.41) is 3.44. The maximum Gasteiger partial charge on any atom is 0.225 e. The Kier molecular flexibility index (Phi) is 7.63. The molecule has 2 heterocycles. The van der Waals surface area contributed by atoms with Gasteiger partial charge in [0.25, 0.3) is 0 Å². The summed E-state index contributed by atoms with van der Waals surface area (Å²) in [6.45, 7) is 14.0. The van der Waals surface area contributed by atoms with Crippen LogP contribution in [0.2, 0.25) is 0 Å². The molecule has 0 amide bonds. The highest BCUT2D eigenvalue weighted by Gasteiger charge is 2.21. The van der Waals surface area contributed by atoms with Crippen molar-refractivity contribution in [2.24, 2.45) is 4.99 Å². The van der Waals surface area contributed by atoms with E-state index < -0.39 is 0 Å². The third kappa shape index (κ3) is 6.69. The number of nitrogens with one attached hydrogen (secondary N) is 1. The first-order valence-electron chi connectivity index (χ1n) is 10.7. The van der Waals surface area contributed by atoms with Gasteiger partial charge in [0.1, 0.15) is 0 Å². The van der Waals surface area contributed by atoms with E-state index in [0.29, 0.717) is 13.2 Å². The topological polar surface area (TPSA) is 65.9 Å². The normalized spacial score (nSPS) is 15.4. The molecule has 0 radical (unpaired) electrons. The monoisotopic (exact) mass is 410 g/mol. The second-order valence-electron chi connectivity index (χ2n) is 8.41. The number of benzene rings is 1. The summed E-state index contributed by atoms with van der Waals surface area (Å²) in [5.41, 5.74) is 2.23. The van der Waals surface area contributed by atoms with Gasteiger partial charge in [0.2, 0.25) is 5.95 Å². The van der Waals surface area contributed by atoms with Gasteiger partial charge in [-0.1, -0.05) is 24.3 Å². The molecule has 1 aliphatic heterocycles. The fourth-order valence-electron chi connectivity index (χ4n) is 3.28. The van der Waals surface area contributed by atoms with Gasteiger partial charge in [0, 0.05) is 45.1 Å². The zero-order valence-corrected chi connectivity index (χ0v) is 18.6. The van der Waals surface area contributed by atoms with Gasteiger partial charge in [0.15, 0.2) is 5.96 Å². The van der Waals surface area contributed by atoms with E-state index in [-0.39, 0.29) is 5.60 Å². The number of nitrogens with zero attached hydrogens (tertiary/aromatic N) is 5. The van der Waals surface area contributed by atoms with E-state index in [1.807, 2.05) is 6.07 Å². The number of hydrogen-bond acceptors (Lipinski definition) is 5. The summed E-state index contributed by atoms with van der Waals surface area (Å²) in [5.74, 6) is 1.76. The van der Waals surface area contributed by atoms with Gasteiger partial charge in [-0.15, -0.1) is 0 Å². The van der Waals surface area contributed by atoms with Crippen LogP contribution in [0.25, 0.3) is 0 Å². The van der Waals surface area contributed by atoms with E-state index in [2.05, 4.69) is 77.0 Å². The van der Waals surface area contributed by atoms with Crippen molar-refractivity contribution in [3.8, 4) is 0 Å². The molecule has 7 nitrogen and oxygen atoms in total. The Morgan fingerprint density at radius 3 is 2.43 bits per heavy atom. The Morgan fingerprint density at radius 2 is 1.77 bits per heavy atom. The maximum absolute atomic E-state index is 5.90. The Balaban J connectivity index is 1.60. The molecule has 0 atom stereocenters. The van der Waals surface area contributed by atoms with Gasteiger partial charge < -0.3 is 19.9 Å². The molecular weight excluding hydrogens is 376 g/mol. The first kappa shape index (κ1) is 22.0. The highest BCUT2D eigenvalue weighted by molar-refractivity contribution is 5.80. The SMILES string of the molecule is CCNC(=NCc1cccc(COC(C)(C)C)c1)N1CCN(c2ncccn2)CC1. The second-order valence-corrected chi connectivity index (χ2v) is 8.41. The molecule has 2 aromatic rings. The molecule has 1 aromatic heterocycles. The molecule has 0 unspecified atom stereocenters. The van der Waals surface area contributed by atoms with Crippen molar-refractivity contribution in [2.75, 3.05) is 37.6 Å². The number of ether oxygens (including phenoxy) is 1. The highest BCUT2D eigenvalue weighted by Crippen LogP contribution is 2.14. The number of aliphatic imine (C=N–C) groups is 1. The summed E-state index contributed by atoms with van der Waals surface area (Å²) >= 11 is 0. The molecule has 0 bridgehead atoms. The number of aromatic nitrogens is 2. The van der Waals surface area contributed by atoms with Crippen molar-refractivity contribution >= 4 is 11.9 Å². The van der Waals surface area contributed by atoms with Gasteiger partial charge in [-0.05, 0) is 44.9 Å². The Bertz CT molecular complexity index is 810. The summed E-state index contributed by atoms with van der Waals surface area (Å²) in [7, 11) is 0. The van der Waals surface area contributed by atoms with Crippen molar-refractivity contribution in [1.29, 1.82) is 0 Å². The minimum atomic E-state index is -0.140. The van der Waals surface area contributed by atoms with Crippen LogP contribution in [0.4, 0.5) is 5.95 Å². The predicted octanol–water partition coefficient (Wildman–Crippen LogP) is 3.08. The average molecular weight is 411 g/mol. The van der Waals surface area contributed by atoms with Crippen molar-refractivity contribution in [3.05, 3.63) is 53.9 Å². The zero-order valence-electron chi connectivity index (χ0n) is 18.6. The summed E-state index contributed by atoms with van der Waals surface area (Å²) in [6.07, 6.45) is 3.59. The van der Waals surface area contributed by atoms with Crippen LogP contribution in [0.5, 0.6) is 0 Å². The maximum atomic E-state index is 5.90. The lowest BCUT2D eigenvalue weighted by atomic mass is 10.1. The summed E-state index contributed by atoms with van der Waals surface area (Å²) < 4.78 is 5.90. The zero-order chi connectivity index (χ0) is 21.4. The number of piperazine rings is 1. The van der Waals surface area contributed by atoms with Gasteiger partial charge in [-0.2, -0.15) is 0 Å². The van der Waals surface area contributed by atoms with Gasteiger partial charge >= 0.3 is 0 Å². The van der Waals surface area contributed by atoms with Crippen LogP contribution in [0.15, 0.2) is 47.7 Å². The van der Waals surface area contributed by atoms with E-state index >= 15 is 0 Å². The highest BCUT2D eigenvalue weighted by atomic mass is 16.5. The van der Waals surface area contributed by atoms with E-state index in [4.69, 9.17) is 9.73 Å². The first-order chi connectivity index (χ1) is 14.4. The summed E-state index contributed by atoms with van der Waals surface area (Å²) in [4.78, 5) is 18.2. The third-order valence-corrected chi connectivity index (χ3v) is 4.82. The first-order valence-corrected chi connectivity index (χ1v) is 10.7. The predicted molar refractivity (Wildman–Crippen MR) is 122 cm³/mol. The van der Waals surface area contributed by atoms with Crippen LogP contribution in [0, 0.1) is 0 Å². The lowest BCUT2D eigenvalue weighted by molar-refractivity contribution is -0.0149. The molecule has 0 spiro atoms. The molecule has 1 aliphatic rings. The largest absolute Gasteiger partial charge is 0.371 e. The van der Waals surface area contributed by atoms with Crippen molar-refractivity contribution in [2.45, 2.75) is 46.4 Å². The van der Waals surface area contributed by atoms with Crippen LogP contribution < -0.4 is 10.2 Å². The average Bonchev–Trinajstić information content (AvgIpc) is 2.76. The molecule has 3 rings (SSSR count). The molecule has 162 valence electrons. The molecule has 0 saturated carbocycles. The van der Waals surface area contributed by atoms with Crippen molar-refractivity contribution in [3.63, 3.8) is 0 Å². The Morgan fingerprint density at radius 1 is 1.07 bits per heavy atom. The molecular formula is C23H34N6O. The second kappa shape index (κ2) is 10.4. The van der Waals surface area contributed by atoms with Gasteiger partial charge in [-0.25, -0.2) is 15.0 Å². The van der Waals surface area contributed by atoms with Crippen LogP contribution in [-0.2, 0) is 17.9 Å². The fourth-order valence-corrected chi connectivity index (χ4v) is 3.28. The van der Waals surface area contributed by atoms with Gasteiger partial charge in [-0.3, -0.25) is 0 Å². The van der Waals surface area contributed by atoms with Crippen LogP contribution >= 0.6 is 0 Å². The molecule has 0 aliphatic carbocycles. The van der Waals surface area contributed by atoms with E-state index in [1.165, 1.54) is 11.1 Å². The molecule has 1 aromatic carbocycles. The Hall–Kier alpha value is -2.67. The van der Waals surface area contributed by atoms with E-state index in [1.54, 1.807) is 12.4 Å². The van der Waals surface area contributed by atoms with Gasteiger partial charge in [0.05, 0.1) is 18.8 Å². The van der Waals surface area contributed by atoms with Crippen LogP contribution in [0.1, 0.15) is 38.8 Å². The molecule has 1 saturated heterocycles. The number of guanidine groups is 1. The molecule has 7 heteroatoms. The quantitative estimate of drug-likeness (QED) is 0.583. The third-order valence-electron chi connectivity index (χ3n) is 4.82. The lowest BCUT2D eigenvalue weighted by Gasteiger charge is -2.36. The molecule has 1 fully saturated rings. The van der Waals surface area contributed by atoms with E-state index in [9.17, 15) is 0 Å². The standard InChI is InChI=1S/C23H34N6O/c1-5-24-21(28-12-14-29(15-13-28)22-25-10-7-11-26-22)27-17-19-8-6-9-20(16-19)18-30-23(2,3)4/h6-11,16H,5,12-15,17-18H2,1-4H3,(H,24,27). The fraction of sp³-hybridized carbons (Fsp3) is 0.522. The number of hydrogen-bond donors (Lipinski definition) is 1. The molecule has 1 N–H and O–H groups in total. The van der Waals surface area contributed by atoms with Crippen molar-refractivity contribution < 1.29 is 4.74 Å².